The van der Waals surface area contributed by atoms with Crippen molar-refractivity contribution >= 4 is 15.9 Å². The van der Waals surface area contributed by atoms with Crippen LogP contribution in [0.15, 0.2) is 10.7 Å². The molecular formula is C12H21BrFN3. The molecule has 0 aliphatic heterocycles. The lowest BCUT2D eigenvalue weighted by Crippen LogP contribution is -2.38. The van der Waals surface area contributed by atoms with E-state index in [1.807, 2.05) is 34.6 Å². The summed E-state index contributed by atoms with van der Waals surface area (Å²) in [5, 5.41) is 7.35. The number of aromatic nitrogens is 2. The zero-order valence-corrected chi connectivity index (χ0v) is 12.7. The Hall–Kier alpha value is -0.420. The molecule has 0 aliphatic rings. The molecule has 1 unspecified atom stereocenters. The number of hydrogen-bond acceptors (Lipinski definition) is 2. The van der Waals surface area contributed by atoms with Gasteiger partial charge in [-0.2, -0.15) is 5.10 Å². The molecule has 98 valence electrons. The van der Waals surface area contributed by atoms with Gasteiger partial charge in [-0.05, 0) is 50.5 Å². The lowest BCUT2D eigenvalue weighted by molar-refractivity contribution is 0.271. The van der Waals surface area contributed by atoms with Crippen molar-refractivity contribution < 1.29 is 4.39 Å². The minimum atomic E-state index is -1.06. The highest BCUT2D eigenvalue weighted by Gasteiger charge is 2.22. The predicted octanol–water partition coefficient (Wildman–Crippen LogP) is 3.63. The molecule has 0 fully saturated rings. The van der Waals surface area contributed by atoms with Crippen LogP contribution < -0.4 is 5.32 Å². The smallest absolute Gasteiger partial charge is 0.155 e. The first kappa shape index (κ1) is 14.6. The predicted molar refractivity (Wildman–Crippen MR) is 71.9 cm³/mol. The molecule has 0 aromatic carbocycles. The number of halogens is 2. The van der Waals surface area contributed by atoms with Gasteiger partial charge < -0.3 is 5.32 Å². The van der Waals surface area contributed by atoms with Gasteiger partial charge in [0.1, 0.15) is 0 Å². The van der Waals surface area contributed by atoms with Crippen molar-refractivity contribution in [2.45, 2.75) is 52.4 Å². The summed E-state index contributed by atoms with van der Waals surface area (Å²) in [6.07, 6.45) is 0.590. The molecule has 0 saturated heterocycles. The van der Waals surface area contributed by atoms with Gasteiger partial charge in [0.15, 0.2) is 6.17 Å². The summed E-state index contributed by atoms with van der Waals surface area (Å²) in [6, 6.07) is 0.157. The van der Waals surface area contributed by atoms with E-state index in [0.717, 1.165) is 4.47 Å². The van der Waals surface area contributed by atoms with E-state index in [0.29, 0.717) is 12.2 Å². The largest absolute Gasteiger partial charge is 0.309 e. The molecule has 0 bridgehead atoms. The molecule has 1 N–H and O–H groups in total. The third-order valence-corrected chi connectivity index (χ3v) is 3.00. The van der Waals surface area contributed by atoms with Gasteiger partial charge in [-0.15, -0.1) is 0 Å². The van der Waals surface area contributed by atoms with Gasteiger partial charge in [0.25, 0.3) is 0 Å². The Morgan fingerprint density at radius 3 is 2.53 bits per heavy atom. The van der Waals surface area contributed by atoms with Gasteiger partial charge in [-0.25, -0.2) is 4.39 Å². The van der Waals surface area contributed by atoms with Crippen LogP contribution >= 0.6 is 15.9 Å². The number of hydrogen-bond donors (Lipinski definition) is 1. The minimum absolute atomic E-state index is 0.0838. The van der Waals surface area contributed by atoms with Crippen LogP contribution in [0.25, 0.3) is 0 Å². The van der Waals surface area contributed by atoms with Gasteiger partial charge in [0.2, 0.25) is 0 Å². The van der Waals surface area contributed by atoms with E-state index in [-0.39, 0.29) is 11.6 Å². The zero-order valence-electron chi connectivity index (χ0n) is 11.1. The summed E-state index contributed by atoms with van der Waals surface area (Å²) < 4.78 is 16.7. The molecule has 1 aromatic heterocycles. The second-order valence-corrected chi connectivity index (χ2v) is 6.37. The lowest BCUT2D eigenvalue weighted by Gasteiger charge is -2.23. The molecular weight excluding hydrogens is 285 g/mol. The van der Waals surface area contributed by atoms with Gasteiger partial charge >= 0.3 is 0 Å². The highest BCUT2D eigenvalue weighted by Crippen LogP contribution is 2.28. The van der Waals surface area contributed by atoms with E-state index in [4.69, 9.17) is 0 Å². The monoisotopic (exact) mass is 305 g/mol. The molecule has 0 saturated carbocycles. The van der Waals surface area contributed by atoms with Crippen LogP contribution in [0.2, 0.25) is 0 Å². The van der Waals surface area contributed by atoms with Gasteiger partial charge in [-0.1, -0.05) is 0 Å². The van der Waals surface area contributed by atoms with Crippen molar-refractivity contribution in [2.24, 2.45) is 0 Å². The Kier molecular flexibility index (Phi) is 4.72. The van der Waals surface area contributed by atoms with Crippen molar-refractivity contribution in [3.63, 3.8) is 0 Å². The van der Waals surface area contributed by atoms with Crippen molar-refractivity contribution in [3.05, 3.63) is 16.4 Å². The highest BCUT2D eigenvalue weighted by atomic mass is 79.9. The first-order valence-electron chi connectivity index (χ1n) is 5.84. The number of rotatable bonds is 4. The molecule has 1 rings (SSSR count). The van der Waals surface area contributed by atoms with Crippen LogP contribution in [-0.2, 0) is 0 Å². The number of nitrogens with one attached hydrogen (secondary N) is 1. The molecule has 0 amide bonds. The Morgan fingerprint density at radius 1 is 1.47 bits per heavy atom. The highest BCUT2D eigenvalue weighted by molar-refractivity contribution is 9.10. The molecule has 17 heavy (non-hydrogen) atoms. The fourth-order valence-corrected chi connectivity index (χ4v) is 2.07. The Labute approximate surface area is 111 Å². The van der Waals surface area contributed by atoms with Gasteiger partial charge in [-0.3, -0.25) is 4.68 Å². The van der Waals surface area contributed by atoms with Crippen molar-refractivity contribution in [1.29, 1.82) is 0 Å². The van der Waals surface area contributed by atoms with E-state index in [1.54, 1.807) is 10.9 Å². The van der Waals surface area contributed by atoms with E-state index in [9.17, 15) is 4.39 Å². The minimum Gasteiger partial charge on any atom is -0.309 e. The maximum atomic E-state index is 14.2. The third kappa shape index (κ3) is 4.07. The van der Waals surface area contributed by atoms with Gasteiger partial charge in [0.05, 0.1) is 16.4 Å². The van der Waals surface area contributed by atoms with Crippen LogP contribution in [0.4, 0.5) is 4.39 Å². The molecule has 1 atom stereocenters. The van der Waals surface area contributed by atoms with Crippen molar-refractivity contribution in [3.8, 4) is 0 Å². The van der Waals surface area contributed by atoms with Crippen LogP contribution in [0.1, 0.15) is 52.5 Å². The summed E-state index contributed by atoms with van der Waals surface area (Å²) in [4.78, 5) is 0. The van der Waals surface area contributed by atoms with E-state index in [2.05, 4.69) is 26.3 Å². The average molecular weight is 306 g/mol. The van der Waals surface area contributed by atoms with Crippen LogP contribution in [0.3, 0.4) is 0 Å². The Balaban J connectivity index is 2.81. The normalized spacial score (nSPS) is 14.4. The standard InChI is InChI=1S/C12H21BrFN3/c1-8(2)17-11(9(13)6-16-17)10(14)7-15-12(3,4)5/h6,8,10,15H,7H2,1-5H3. The fraction of sp³-hybridized carbons (Fsp3) is 0.750. The fourth-order valence-electron chi connectivity index (χ4n) is 1.55. The van der Waals surface area contributed by atoms with Crippen molar-refractivity contribution in [2.75, 3.05) is 6.54 Å². The van der Waals surface area contributed by atoms with Crippen LogP contribution in [-0.4, -0.2) is 21.9 Å². The first-order chi connectivity index (χ1) is 7.72. The summed E-state index contributed by atoms with van der Waals surface area (Å²) >= 11 is 3.36. The summed E-state index contributed by atoms with van der Waals surface area (Å²) in [5.74, 6) is 0. The summed E-state index contributed by atoms with van der Waals surface area (Å²) in [5.41, 5.74) is 0.524. The first-order valence-corrected chi connectivity index (χ1v) is 6.63. The molecule has 3 nitrogen and oxygen atoms in total. The third-order valence-electron chi connectivity index (χ3n) is 2.38. The van der Waals surface area contributed by atoms with E-state index < -0.39 is 6.17 Å². The van der Waals surface area contributed by atoms with Gasteiger partial charge in [0, 0.05) is 18.1 Å². The molecule has 1 aromatic rings. The second kappa shape index (κ2) is 5.48. The maximum Gasteiger partial charge on any atom is 0.155 e. The molecule has 1 heterocycles. The SMILES string of the molecule is CC(C)n1ncc(Br)c1C(F)CNC(C)(C)C. The quantitative estimate of drug-likeness (QED) is 0.920. The van der Waals surface area contributed by atoms with E-state index >= 15 is 0 Å². The number of nitrogens with zero attached hydrogens (tertiary/aromatic N) is 2. The van der Waals surface area contributed by atoms with Crippen LogP contribution in [0.5, 0.6) is 0 Å². The Morgan fingerprint density at radius 2 is 2.06 bits per heavy atom. The molecule has 0 aliphatic carbocycles. The van der Waals surface area contributed by atoms with Crippen molar-refractivity contribution in [1.82, 2.24) is 15.1 Å². The zero-order chi connectivity index (χ0) is 13.2. The Bertz CT molecular complexity index is 368. The maximum absolute atomic E-state index is 14.2. The average Bonchev–Trinajstić information content (AvgIpc) is 2.55. The van der Waals surface area contributed by atoms with Crippen LogP contribution in [0, 0.1) is 0 Å². The molecule has 0 radical (unpaired) electrons. The lowest BCUT2D eigenvalue weighted by atomic mass is 10.1. The van der Waals surface area contributed by atoms with E-state index in [1.165, 1.54) is 0 Å². The molecule has 0 spiro atoms. The topological polar surface area (TPSA) is 29.9 Å². The summed E-state index contributed by atoms with van der Waals surface area (Å²) in [7, 11) is 0. The second-order valence-electron chi connectivity index (χ2n) is 5.51. The molecule has 5 heteroatoms. The number of alkyl halides is 1. The summed E-state index contributed by atoms with van der Waals surface area (Å²) in [6.45, 7) is 10.3.